The molecule has 0 unspecified atom stereocenters. The second-order valence-electron chi connectivity index (χ2n) is 4.03. The van der Waals surface area contributed by atoms with E-state index in [0.717, 1.165) is 31.7 Å². The molecule has 0 saturated heterocycles. The molecular weight excluding hydrogens is 181 g/mol. The van der Waals surface area contributed by atoms with Crippen molar-refractivity contribution in [3.05, 3.63) is 29.6 Å². The number of phenols is 1. The van der Waals surface area contributed by atoms with Gasteiger partial charge in [0.1, 0.15) is 11.6 Å². The minimum Gasteiger partial charge on any atom is -0.508 e. The van der Waals surface area contributed by atoms with Gasteiger partial charge in [0.15, 0.2) is 0 Å². The number of halogens is 1. The van der Waals surface area contributed by atoms with Crippen LogP contribution in [0.4, 0.5) is 4.39 Å². The highest BCUT2D eigenvalue weighted by molar-refractivity contribution is 5.33. The molecule has 0 radical (unpaired) electrons. The summed E-state index contributed by atoms with van der Waals surface area (Å²) in [5, 5.41) is 9.08. The van der Waals surface area contributed by atoms with Gasteiger partial charge >= 0.3 is 0 Å². The number of hydrogen-bond donors (Lipinski definition) is 2. The maximum absolute atomic E-state index is 13.5. The molecule has 3 N–H and O–H groups in total. The van der Waals surface area contributed by atoms with E-state index in [4.69, 9.17) is 10.8 Å². The zero-order chi connectivity index (χ0) is 10.2. The van der Waals surface area contributed by atoms with Crippen molar-refractivity contribution in [2.45, 2.75) is 31.2 Å². The molecule has 0 spiro atoms. The molecule has 0 heterocycles. The Labute approximate surface area is 82.5 Å². The molecule has 0 aliphatic heterocycles. The maximum atomic E-state index is 13.5. The number of benzene rings is 1. The molecule has 1 saturated carbocycles. The summed E-state index contributed by atoms with van der Waals surface area (Å²) in [6, 6.07) is 4.21. The maximum Gasteiger partial charge on any atom is 0.131 e. The van der Waals surface area contributed by atoms with E-state index < -0.39 is 11.4 Å². The minimum atomic E-state index is -0.516. The summed E-state index contributed by atoms with van der Waals surface area (Å²) >= 11 is 0. The van der Waals surface area contributed by atoms with E-state index in [-0.39, 0.29) is 5.75 Å². The zero-order valence-corrected chi connectivity index (χ0v) is 7.96. The Morgan fingerprint density at radius 2 is 1.93 bits per heavy atom. The van der Waals surface area contributed by atoms with Gasteiger partial charge < -0.3 is 10.8 Å². The predicted octanol–water partition coefficient (Wildman–Crippen LogP) is 2.26. The zero-order valence-electron chi connectivity index (χ0n) is 7.96. The lowest BCUT2D eigenvalue weighted by Gasteiger charge is -2.24. The molecule has 1 fully saturated rings. The summed E-state index contributed by atoms with van der Waals surface area (Å²) in [5.41, 5.74) is 6.13. The van der Waals surface area contributed by atoms with Crippen LogP contribution in [0.25, 0.3) is 0 Å². The molecule has 2 nitrogen and oxygen atoms in total. The fourth-order valence-electron chi connectivity index (χ4n) is 2.18. The first-order chi connectivity index (χ1) is 6.62. The van der Waals surface area contributed by atoms with E-state index in [0.29, 0.717) is 5.56 Å². The van der Waals surface area contributed by atoms with Crippen LogP contribution in [0.3, 0.4) is 0 Å². The molecule has 76 valence electrons. The summed E-state index contributed by atoms with van der Waals surface area (Å²) < 4.78 is 13.5. The average Bonchev–Trinajstić information content (AvgIpc) is 2.52. The average molecular weight is 195 g/mol. The van der Waals surface area contributed by atoms with Crippen LogP contribution in [0.15, 0.2) is 18.2 Å². The van der Waals surface area contributed by atoms with Gasteiger partial charge in [0.2, 0.25) is 0 Å². The highest BCUT2D eigenvalue weighted by atomic mass is 19.1. The number of aromatic hydroxyl groups is 1. The Morgan fingerprint density at radius 1 is 1.29 bits per heavy atom. The predicted molar refractivity (Wildman–Crippen MR) is 52.4 cm³/mol. The number of rotatable bonds is 1. The Morgan fingerprint density at radius 3 is 2.50 bits per heavy atom. The van der Waals surface area contributed by atoms with E-state index >= 15 is 0 Å². The van der Waals surface area contributed by atoms with Crippen molar-refractivity contribution < 1.29 is 9.50 Å². The fourth-order valence-corrected chi connectivity index (χ4v) is 2.18. The Balaban J connectivity index is 2.40. The summed E-state index contributed by atoms with van der Waals surface area (Å²) in [6.45, 7) is 0. The van der Waals surface area contributed by atoms with Crippen molar-refractivity contribution >= 4 is 0 Å². The van der Waals surface area contributed by atoms with Gasteiger partial charge in [-0.1, -0.05) is 18.9 Å². The molecule has 0 atom stereocenters. The second kappa shape index (κ2) is 3.24. The number of nitrogens with two attached hydrogens (primary N) is 1. The minimum absolute atomic E-state index is 0.0483. The molecule has 3 heteroatoms. The van der Waals surface area contributed by atoms with Crippen molar-refractivity contribution in [3.63, 3.8) is 0 Å². The lowest BCUT2D eigenvalue weighted by molar-refractivity contribution is 0.425. The normalized spacial score (nSPS) is 19.9. The number of phenolic OH excluding ortho intramolecular Hbond substituents is 1. The molecule has 1 aliphatic rings. The highest BCUT2D eigenvalue weighted by Gasteiger charge is 2.33. The van der Waals surface area contributed by atoms with Crippen LogP contribution in [0, 0.1) is 5.82 Å². The lowest BCUT2D eigenvalue weighted by atomic mass is 9.89. The molecule has 1 aromatic carbocycles. The summed E-state index contributed by atoms with van der Waals surface area (Å²) in [5.74, 6) is -0.442. The van der Waals surface area contributed by atoms with Crippen molar-refractivity contribution in [1.82, 2.24) is 0 Å². The standard InChI is InChI=1S/C11H14FNO/c12-10-7-8(14)3-4-9(10)11(13)5-1-2-6-11/h3-4,7,14H,1-2,5-6,13H2. The van der Waals surface area contributed by atoms with Gasteiger partial charge in [-0.3, -0.25) is 0 Å². The molecule has 0 bridgehead atoms. The van der Waals surface area contributed by atoms with Gasteiger partial charge in [0.05, 0.1) is 0 Å². The third-order valence-electron chi connectivity index (χ3n) is 2.98. The monoisotopic (exact) mass is 195 g/mol. The van der Waals surface area contributed by atoms with Crippen LogP contribution >= 0.6 is 0 Å². The van der Waals surface area contributed by atoms with E-state index in [1.807, 2.05) is 0 Å². The largest absolute Gasteiger partial charge is 0.508 e. The molecule has 2 rings (SSSR count). The summed E-state index contributed by atoms with van der Waals surface area (Å²) in [6.07, 6.45) is 3.76. The van der Waals surface area contributed by atoms with E-state index in [1.165, 1.54) is 6.07 Å². The Bertz CT molecular complexity index is 345. The van der Waals surface area contributed by atoms with Crippen molar-refractivity contribution in [3.8, 4) is 5.75 Å². The van der Waals surface area contributed by atoms with Gasteiger partial charge in [0, 0.05) is 17.2 Å². The lowest BCUT2D eigenvalue weighted by Crippen LogP contribution is -2.34. The van der Waals surface area contributed by atoms with Gasteiger partial charge in [-0.25, -0.2) is 4.39 Å². The van der Waals surface area contributed by atoms with Crippen molar-refractivity contribution in [1.29, 1.82) is 0 Å². The molecule has 1 aliphatic carbocycles. The van der Waals surface area contributed by atoms with Crippen LogP contribution in [0.2, 0.25) is 0 Å². The van der Waals surface area contributed by atoms with E-state index in [9.17, 15) is 4.39 Å². The van der Waals surface area contributed by atoms with Crippen molar-refractivity contribution in [2.24, 2.45) is 5.73 Å². The smallest absolute Gasteiger partial charge is 0.131 e. The first kappa shape index (κ1) is 9.46. The third-order valence-corrected chi connectivity index (χ3v) is 2.98. The second-order valence-corrected chi connectivity index (χ2v) is 4.03. The van der Waals surface area contributed by atoms with Gasteiger partial charge in [0.25, 0.3) is 0 Å². The van der Waals surface area contributed by atoms with Crippen LogP contribution in [0.1, 0.15) is 31.2 Å². The summed E-state index contributed by atoms with van der Waals surface area (Å²) in [7, 11) is 0. The highest BCUT2D eigenvalue weighted by Crippen LogP contribution is 2.38. The van der Waals surface area contributed by atoms with Gasteiger partial charge in [-0.15, -0.1) is 0 Å². The molecule has 1 aromatic rings. The number of hydrogen-bond acceptors (Lipinski definition) is 2. The van der Waals surface area contributed by atoms with Crippen LogP contribution in [-0.4, -0.2) is 5.11 Å². The van der Waals surface area contributed by atoms with E-state index in [2.05, 4.69) is 0 Å². The topological polar surface area (TPSA) is 46.2 Å². The van der Waals surface area contributed by atoms with Crippen LogP contribution < -0.4 is 5.73 Å². The van der Waals surface area contributed by atoms with E-state index in [1.54, 1.807) is 6.07 Å². The molecule has 14 heavy (non-hydrogen) atoms. The SMILES string of the molecule is NC1(c2ccc(O)cc2F)CCCC1. The molecule has 0 amide bonds. The van der Waals surface area contributed by atoms with Gasteiger partial charge in [-0.2, -0.15) is 0 Å². The Hall–Kier alpha value is -1.09. The first-order valence-electron chi connectivity index (χ1n) is 4.90. The first-order valence-corrected chi connectivity index (χ1v) is 4.90. The molecule has 0 aromatic heterocycles. The quantitative estimate of drug-likeness (QED) is 0.722. The van der Waals surface area contributed by atoms with Crippen molar-refractivity contribution in [2.75, 3.05) is 0 Å². The van der Waals surface area contributed by atoms with Crippen LogP contribution in [0.5, 0.6) is 5.75 Å². The fraction of sp³-hybridized carbons (Fsp3) is 0.455. The van der Waals surface area contributed by atoms with Crippen LogP contribution in [-0.2, 0) is 5.54 Å². The Kier molecular flexibility index (Phi) is 2.19. The molecular formula is C11H14FNO. The summed E-state index contributed by atoms with van der Waals surface area (Å²) in [4.78, 5) is 0. The third kappa shape index (κ3) is 1.48. The van der Waals surface area contributed by atoms with Gasteiger partial charge in [-0.05, 0) is 18.9 Å².